The summed E-state index contributed by atoms with van der Waals surface area (Å²) in [5.74, 6) is 0.632. The molecule has 7 heteroatoms. The fourth-order valence-electron chi connectivity index (χ4n) is 3.96. The monoisotopic (exact) mass is 427 g/mol. The minimum atomic E-state index is -0.799. The number of likely N-dealkylation sites (tertiary alicyclic amines) is 1. The third kappa shape index (κ3) is 3.24. The van der Waals surface area contributed by atoms with Crippen molar-refractivity contribution < 1.29 is 5.11 Å². The Labute approximate surface area is 166 Å². The number of hydrogen-bond donors (Lipinski definition) is 2. The number of fused-ring (bicyclic) bond motifs is 1. The molecule has 0 aromatic carbocycles. The number of aromatic nitrogens is 3. The van der Waals surface area contributed by atoms with E-state index in [0.29, 0.717) is 25.6 Å². The van der Waals surface area contributed by atoms with E-state index in [1.54, 1.807) is 6.20 Å². The van der Waals surface area contributed by atoms with Gasteiger partial charge in [0.05, 0.1) is 12.2 Å². The van der Waals surface area contributed by atoms with Crippen LogP contribution in [0.5, 0.6) is 0 Å². The number of imidazole rings is 1. The topological polar surface area (TPSA) is 65.7 Å². The van der Waals surface area contributed by atoms with Crippen LogP contribution in [0.3, 0.4) is 0 Å². The molecule has 0 bridgehead atoms. The highest BCUT2D eigenvalue weighted by atomic mass is 79.9. The van der Waals surface area contributed by atoms with Gasteiger partial charge in [0.25, 0.3) is 0 Å². The van der Waals surface area contributed by atoms with Gasteiger partial charge in [-0.1, -0.05) is 0 Å². The van der Waals surface area contributed by atoms with Crippen LogP contribution in [0.2, 0.25) is 0 Å². The van der Waals surface area contributed by atoms with Gasteiger partial charge in [-0.2, -0.15) is 0 Å². The van der Waals surface area contributed by atoms with Crippen LogP contribution in [-0.2, 0) is 12.1 Å². The van der Waals surface area contributed by atoms with Crippen LogP contribution >= 0.6 is 15.9 Å². The Morgan fingerprint density at radius 3 is 2.81 bits per heavy atom. The molecule has 1 aliphatic carbocycles. The quantitative estimate of drug-likeness (QED) is 0.612. The van der Waals surface area contributed by atoms with Gasteiger partial charge in [-0.3, -0.25) is 4.90 Å². The van der Waals surface area contributed by atoms with Crippen molar-refractivity contribution in [1.82, 2.24) is 19.3 Å². The first-order valence-electron chi connectivity index (χ1n) is 9.28. The molecule has 0 radical (unpaired) electrons. The number of likely N-dealkylation sites (N-methyl/N-ethyl adjacent to an activating group) is 1. The molecule has 6 nitrogen and oxygen atoms in total. The predicted octanol–water partition coefficient (Wildman–Crippen LogP) is 3.11. The first kappa shape index (κ1) is 17.2. The van der Waals surface area contributed by atoms with Crippen molar-refractivity contribution in [1.29, 1.82) is 0 Å². The standard InChI is InChI=1S/C20H22BrN5O/c1-25-11-20(27,12-25)17-6-14(13-2-3-13)9-26-10-16(24-19(17)26)8-23-15-4-5-22-18(21)7-15/h4-7,9-10,13,27H,2-3,8,11-12H2,1H3,(H,22,23). The number of nitrogens with one attached hydrogen (secondary N) is 1. The van der Waals surface area contributed by atoms with Crippen molar-refractivity contribution in [3.63, 3.8) is 0 Å². The van der Waals surface area contributed by atoms with Crippen molar-refractivity contribution >= 4 is 27.3 Å². The maximum absolute atomic E-state index is 11.1. The van der Waals surface area contributed by atoms with Gasteiger partial charge in [-0.05, 0) is 65.5 Å². The Hall–Kier alpha value is -1.96. The minimum Gasteiger partial charge on any atom is -0.382 e. The lowest BCUT2D eigenvalue weighted by Gasteiger charge is -2.44. The molecule has 2 fully saturated rings. The van der Waals surface area contributed by atoms with Crippen LogP contribution in [0.15, 0.2) is 41.4 Å². The Bertz CT molecular complexity index is 1010. The molecule has 0 amide bonds. The number of β-amino-alcohol motifs (C(OH)–C–C–N with tert-alkyl or cyclic N) is 1. The predicted molar refractivity (Wildman–Crippen MR) is 108 cm³/mol. The summed E-state index contributed by atoms with van der Waals surface area (Å²) in [5, 5.41) is 14.5. The molecule has 3 aromatic heterocycles. The van der Waals surface area contributed by atoms with E-state index in [2.05, 4.69) is 54.0 Å². The average Bonchev–Trinajstić information content (AvgIpc) is 3.37. The minimum absolute atomic E-state index is 0.620. The van der Waals surface area contributed by atoms with Gasteiger partial charge >= 0.3 is 0 Å². The first-order valence-corrected chi connectivity index (χ1v) is 10.1. The number of rotatable bonds is 5. The Balaban J connectivity index is 1.48. The number of anilines is 1. The van der Waals surface area contributed by atoms with E-state index >= 15 is 0 Å². The highest BCUT2D eigenvalue weighted by Crippen LogP contribution is 2.42. The molecule has 2 aliphatic rings. The largest absolute Gasteiger partial charge is 0.382 e. The third-order valence-corrected chi connectivity index (χ3v) is 5.87. The van der Waals surface area contributed by atoms with Crippen LogP contribution < -0.4 is 5.32 Å². The SMILES string of the molecule is CN1CC(O)(c2cc(C3CC3)cn3cc(CNc4ccnc(Br)c4)nc23)C1. The number of hydrogen-bond acceptors (Lipinski definition) is 5. The molecular weight excluding hydrogens is 406 g/mol. The summed E-state index contributed by atoms with van der Waals surface area (Å²) in [5.41, 5.74) is 4.29. The molecule has 4 heterocycles. The summed E-state index contributed by atoms with van der Waals surface area (Å²) >= 11 is 3.39. The lowest BCUT2D eigenvalue weighted by molar-refractivity contribution is -0.0911. The highest BCUT2D eigenvalue weighted by Gasteiger charge is 2.43. The molecule has 27 heavy (non-hydrogen) atoms. The summed E-state index contributed by atoms with van der Waals surface area (Å²) < 4.78 is 2.90. The maximum Gasteiger partial charge on any atom is 0.143 e. The fourth-order valence-corrected chi connectivity index (χ4v) is 4.33. The zero-order valence-electron chi connectivity index (χ0n) is 15.2. The van der Waals surface area contributed by atoms with Crippen LogP contribution in [0, 0.1) is 0 Å². The van der Waals surface area contributed by atoms with Gasteiger partial charge in [0.15, 0.2) is 0 Å². The number of nitrogens with zero attached hydrogens (tertiary/aromatic N) is 4. The second-order valence-corrected chi connectivity index (χ2v) is 8.66. The summed E-state index contributed by atoms with van der Waals surface area (Å²) in [6.07, 6.45) is 8.49. The molecule has 2 N–H and O–H groups in total. The van der Waals surface area contributed by atoms with Gasteiger partial charge in [-0.25, -0.2) is 9.97 Å². The van der Waals surface area contributed by atoms with E-state index in [4.69, 9.17) is 4.98 Å². The Kier molecular flexibility index (Phi) is 4.00. The van der Waals surface area contributed by atoms with Crippen LogP contribution in [0.4, 0.5) is 5.69 Å². The van der Waals surface area contributed by atoms with E-state index < -0.39 is 5.60 Å². The van der Waals surface area contributed by atoms with Gasteiger partial charge in [0.2, 0.25) is 0 Å². The molecule has 3 aromatic rings. The summed E-state index contributed by atoms with van der Waals surface area (Å²) in [7, 11) is 2.03. The number of aliphatic hydroxyl groups is 1. The third-order valence-electron chi connectivity index (χ3n) is 5.44. The lowest BCUT2D eigenvalue weighted by atomic mass is 9.86. The second kappa shape index (κ2) is 6.29. The summed E-state index contributed by atoms with van der Waals surface area (Å²) in [6, 6.07) is 6.06. The summed E-state index contributed by atoms with van der Waals surface area (Å²) in [4.78, 5) is 11.1. The van der Waals surface area contributed by atoms with Crippen molar-refractivity contribution in [2.45, 2.75) is 30.9 Å². The molecule has 5 rings (SSSR count). The average molecular weight is 428 g/mol. The van der Waals surface area contributed by atoms with Crippen molar-refractivity contribution in [3.05, 3.63) is 58.2 Å². The van der Waals surface area contributed by atoms with E-state index in [-0.39, 0.29) is 0 Å². The molecule has 1 saturated heterocycles. The molecule has 0 atom stereocenters. The van der Waals surface area contributed by atoms with E-state index in [1.807, 2.05) is 19.2 Å². The second-order valence-electron chi connectivity index (χ2n) is 7.85. The van der Waals surface area contributed by atoms with Crippen molar-refractivity contribution in [2.75, 3.05) is 25.5 Å². The van der Waals surface area contributed by atoms with E-state index in [1.165, 1.54) is 18.4 Å². The van der Waals surface area contributed by atoms with Gasteiger partial charge in [-0.15, -0.1) is 0 Å². The molecule has 0 unspecified atom stereocenters. The zero-order valence-corrected chi connectivity index (χ0v) is 16.8. The van der Waals surface area contributed by atoms with Gasteiger partial charge < -0.3 is 14.8 Å². The van der Waals surface area contributed by atoms with Crippen molar-refractivity contribution in [2.24, 2.45) is 0 Å². The van der Waals surface area contributed by atoms with Crippen LogP contribution in [0.1, 0.15) is 35.6 Å². The smallest absolute Gasteiger partial charge is 0.143 e. The molecule has 1 aliphatic heterocycles. The fraction of sp³-hybridized carbons (Fsp3) is 0.400. The molecule has 0 spiro atoms. The maximum atomic E-state index is 11.1. The van der Waals surface area contributed by atoms with Crippen LogP contribution in [0.25, 0.3) is 5.65 Å². The molecule has 140 valence electrons. The van der Waals surface area contributed by atoms with E-state index in [0.717, 1.165) is 27.2 Å². The van der Waals surface area contributed by atoms with E-state index in [9.17, 15) is 5.11 Å². The zero-order chi connectivity index (χ0) is 18.6. The van der Waals surface area contributed by atoms with Crippen LogP contribution in [-0.4, -0.2) is 44.5 Å². The lowest BCUT2D eigenvalue weighted by Crippen LogP contribution is -2.57. The number of halogens is 1. The Morgan fingerprint density at radius 1 is 1.30 bits per heavy atom. The first-order chi connectivity index (χ1) is 13.0. The Morgan fingerprint density at radius 2 is 2.11 bits per heavy atom. The molecular formula is C20H22BrN5O. The van der Waals surface area contributed by atoms with Gasteiger partial charge in [0.1, 0.15) is 15.9 Å². The summed E-state index contributed by atoms with van der Waals surface area (Å²) in [6.45, 7) is 1.93. The normalized spacial score (nSPS) is 19.2. The van der Waals surface area contributed by atoms with Crippen molar-refractivity contribution in [3.8, 4) is 0 Å². The molecule has 1 saturated carbocycles. The van der Waals surface area contributed by atoms with Gasteiger partial charge in [0, 0.05) is 42.9 Å². The number of pyridine rings is 2. The highest BCUT2D eigenvalue weighted by molar-refractivity contribution is 9.10.